The van der Waals surface area contributed by atoms with Gasteiger partial charge in [-0.25, -0.2) is 0 Å². The standard InChI is InChI=1S/C13H19N3O.2ClH/c1-9-3-2-6-15-12(9)8-16-13(17)10-4-5-11(14)7-10;;/h2-3,6,10-11H,4-5,7-8,14H2,1H3,(H,16,17);2*1H. The van der Waals surface area contributed by atoms with Gasteiger partial charge in [0.2, 0.25) is 5.91 Å². The Morgan fingerprint density at radius 1 is 1.47 bits per heavy atom. The summed E-state index contributed by atoms with van der Waals surface area (Å²) in [5.74, 6) is 0.206. The number of rotatable bonds is 3. The van der Waals surface area contributed by atoms with E-state index in [-0.39, 0.29) is 42.7 Å². The van der Waals surface area contributed by atoms with Gasteiger partial charge in [-0.2, -0.15) is 0 Å². The molecular weight excluding hydrogens is 285 g/mol. The third kappa shape index (κ3) is 4.97. The smallest absolute Gasteiger partial charge is 0.223 e. The molecular formula is C13H21Cl2N3O. The lowest BCUT2D eigenvalue weighted by atomic mass is 10.1. The topological polar surface area (TPSA) is 68.0 Å². The van der Waals surface area contributed by atoms with Crippen LogP contribution in [0.15, 0.2) is 18.3 Å². The molecule has 0 bridgehead atoms. The van der Waals surface area contributed by atoms with Crippen LogP contribution in [0.2, 0.25) is 0 Å². The number of pyridine rings is 1. The van der Waals surface area contributed by atoms with Crippen LogP contribution in [-0.2, 0) is 11.3 Å². The maximum Gasteiger partial charge on any atom is 0.223 e. The zero-order valence-corrected chi connectivity index (χ0v) is 12.6. The van der Waals surface area contributed by atoms with Gasteiger partial charge in [-0.05, 0) is 37.8 Å². The van der Waals surface area contributed by atoms with E-state index < -0.39 is 0 Å². The van der Waals surface area contributed by atoms with Gasteiger partial charge >= 0.3 is 0 Å². The summed E-state index contributed by atoms with van der Waals surface area (Å²) in [6.07, 6.45) is 4.43. The fraction of sp³-hybridized carbons (Fsp3) is 0.538. The van der Waals surface area contributed by atoms with Crippen LogP contribution in [0.5, 0.6) is 0 Å². The molecule has 3 N–H and O–H groups in total. The van der Waals surface area contributed by atoms with E-state index in [4.69, 9.17) is 5.73 Å². The van der Waals surface area contributed by atoms with Gasteiger partial charge in [0, 0.05) is 18.2 Å². The molecule has 4 nitrogen and oxygen atoms in total. The van der Waals surface area contributed by atoms with Gasteiger partial charge in [0.25, 0.3) is 0 Å². The molecule has 1 aliphatic carbocycles. The maximum absolute atomic E-state index is 11.9. The highest BCUT2D eigenvalue weighted by Crippen LogP contribution is 2.24. The van der Waals surface area contributed by atoms with Crippen molar-refractivity contribution in [2.75, 3.05) is 0 Å². The van der Waals surface area contributed by atoms with Crippen molar-refractivity contribution in [3.63, 3.8) is 0 Å². The molecule has 19 heavy (non-hydrogen) atoms. The summed E-state index contributed by atoms with van der Waals surface area (Å²) in [4.78, 5) is 16.1. The summed E-state index contributed by atoms with van der Waals surface area (Å²) < 4.78 is 0. The number of hydrogen-bond donors (Lipinski definition) is 2. The van der Waals surface area contributed by atoms with Gasteiger partial charge in [-0.1, -0.05) is 6.07 Å². The number of halogens is 2. The molecule has 0 aliphatic heterocycles. The summed E-state index contributed by atoms with van der Waals surface area (Å²) in [6, 6.07) is 4.10. The van der Waals surface area contributed by atoms with Crippen molar-refractivity contribution in [1.82, 2.24) is 10.3 Å². The van der Waals surface area contributed by atoms with Gasteiger partial charge in [-0.15, -0.1) is 24.8 Å². The Balaban J connectivity index is 0.00000162. The van der Waals surface area contributed by atoms with Crippen LogP contribution < -0.4 is 11.1 Å². The number of aryl methyl sites for hydroxylation is 1. The Hall–Kier alpha value is -0.840. The van der Waals surface area contributed by atoms with Crippen LogP contribution in [-0.4, -0.2) is 16.9 Å². The van der Waals surface area contributed by atoms with Gasteiger partial charge < -0.3 is 11.1 Å². The second kappa shape index (κ2) is 8.35. The fourth-order valence-corrected chi connectivity index (χ4v) is 2.27. The third-order valence-electron chi connectivity index (χ3n) is 3.39. The van der Waals surface area contributed by atoms with E-state index in [1.54, 1.807) is 6.20 Å². The Kier molecular flexibility index (Phi) is 7.99. The van der Waals surface area contributed by atoms with E-state index in [0.717, 1.165) is 30.5 Å². The molecule has 0 saturated heterocycles. The molecule has 1 heterocycles. The van der Waals surface area contributed by atoms with Crippen LogP contribution in [0.4, 0.5) is 0 Å². The Morgan fingerprint density at radius 3 is 2.79 bits per heavy atom. The first-order valence-corrected chi connectivity index (χ1v) is 6.10. The minimum Gasteiger partial charge on any atom is -0.350 e. The van der Waals surface area contributed by atoms with Gasteiger partial charge in [0.05, 0.1) is 12.2 Å². The third-order valence-corrected chi connectivity index (χ3v) is 3.39. The van der Waals surface area contributed by atoms with E-state index in [1.807, 2.05) is 19.1 Å². The van der Waals surface area contributed by atoms with Gasteiger partial charge in [0.15, 0.2) is 0 Å². The molecule has 108 valence electrons. The zero-order chi connectivity index (χ0) is 12.3. The number of amides is 1. The summed E-state index contributed by atoms with van der Waals surface area (Å²) in [5.41, 5.74) is 7.84. The molecule has 0 radical (unpaired) electrons. The lowest BCUT2D eigenvalue weighted by Gasteiger charge is -2.11. The Morgan fingerprint density at radius 2 is 2.21 bits per heavy atom. The summed E-state index contributed by atoms with van der Waals surface area (Å²) in [7, 11) is 0. The predicted octanol–water partition coefficient (Wildman–Crippen LogP) is 1.98. The van der Waals surface area contributed by atoms with Crippen molar-refractivity contribution in [3.8, 4) is 0 Å². The zero-order valence-electron chi connectivity index (χ0n) is 11.0. The summed E-state index contributed by atoms with van der Waals surface area (Å²) >= 11 is 0. The van der Waals surface area contributed by atoms with Gasteiger partial charge in [0.1, 0.15) is 0 Å². The lowest BCUT2D eigenvalue weighted by Crippen LogP contribution is -2.30. The first-order valence-electron chi connectivity index (χ1n) is 6.10. The largest absolute Gasteiger partial charge is 0.350 e. The number of carbonyl (C=O) groups excluding carboxylic acids is 1. The number of hydrogen-bond acceptors (Lipinski definition) is 3. The number of carbonyl (C=O) groups is 1. The van der Waals surface area contributed by atoms with E-state index in [2.05, 4.69) is 10.3 Å². The predicted molar refractivity (Wildman–Crippen MR) is 80.6 cm³/mol. The minimum atomic E-state index is 0. The number of nitrogens with zero attached hydrogens (tertiary/aromatic N) is 1. The molecule has 0 aromatic carbocycles. The minimum absolute atomic E-state index is 0. The van der Waals surface area contributed by atoms with Crippen molar-refractivity contribution < 1.29 is 4.79 Å². The van der Waals surface area contributed by atoms with E-state index in [1.165, 1.54) is 0 Å². The first kappa shape index (κ1) is 18.2. The SMILES string of the molecule is Cc1cccnc1CNC(=O)C1CCC(N)C1.Cl.Cl. The van der Waals surface area contributed by atoms with E-state index >= 15 is 0 Å². The highest BCUT2D eigenvalue weighted by atomic mass is 35.5. The number of nitrogens with one attached hydrogen (secondary N) is 1. The fourth-order valence-electron chi connectivity index (χ4n) is 2.27. The van der Waals surface area contributed by atoms with Crippen molar-refractivity contribution in [1.29, 1.82) is 0 Å². The van der Waals surface area contributed by atoms with E-state index in [9.17, 15) is 4.79 Å². The highest BCUT2D eigenvalue weighted by Gasteiger charge is 2.27. The monoisotopic (exact) mass is 305 g/mol. The van der Waals surface area contributed by atoms with Crippen molar-refractivity contribution in [2.45, 2.75) is 38.8 Å². The molecule has 1 aromatic rings. The molecule has 1 amide bonds. The first-order chi connectivity index (χ1) is 8.16. The normalized spacial score (nSPS) is 21.2. The number of aromatic nitrogens is 1. The van der Waals surface area contributed by atoms with Crippen molar-refractivity contribution >= 4 is 30.7 Å². The van der Waals surface area contributed by atoms with Crippen LogP contribution in [0.25, 0.3) is 0 Å². The number of nitrogens with two attached hydrogens (primary N) is 1. The van der Waals surface area contributed by atoms with Crippen molar-refractivity contribution in [3.05, 3.63) is 29.6 Å². The van der Waals surface area contributed by atoms with Crippen molar-refractivity contribution in [2.24, 2.45) is 11.7 Å². The Labute approximate surface area is 126 Å². The average molecular weight is 306 g/mol. The van der Waals surface area contributed by atoms with Crippen LogP contribution in [0.1, 0.15) is 30.5 Å². The lowest BCUT2D eigenvalue weighted by molar-refractivity contribution is -0.125. The maximum atomic E-state index is 11.9. The van der Waals surface area contributed by atoms with Crippen LogP contribution in [0.3, 0.4) is 0 Å². The van der Waals surface area contributed by atoms with E-state index in [0.29, 0.717) is 6.54 Å². The van der Waals surface area contributed by atoms with Crippen LogP contribution in [0, 0.1) is 12.8 Å². The van der Waals surface area contributed by atoms with Gasteiger partial charge in [-0.3, -0.25) is 9.78 Å². The molecule has 1 fully saturated rings. The van der Waals surface area contributed by atoms with Crippen LogP contribution >= 0.6 is 24.8 Å². The average Bonchev–Trinajstić information content (AvgIpc) is 2.74. The quantitative estimate of drug-likeness (QED) is 0.897. The second-order valence-corrected chi connectivity index (χ2v) is 4.75. The molecule has 1 aromatic heterocycles. The summed E-state index contributed by atoms with van der Waals surface area (Å²) in [5, 5.41) is 2.95. The molecule has 2 rings (SSSR count). The molecule has 2 atom stereocenters. The Bertz CT molecular complexity index is 415. The summed E-state index contributed by atoms with van der Waals surface area (Å²) in [6.45, 7) is 2.51. The molecule has 0 spiro atoms. The molecule has 2 unspecified atom stereocenters. The second-order valence-electron chi connectivity index (χ2n) is 4.75. The molecule has 1 aliphatic rings. The molecule has 6 heteroatoms. The molecule has 1 saturated carbocycles. The highest BCUT2D eigenvalue weighted by molar-refractivity contribution is 5.85.